The van der Waals surface area contributed by atoms with Gasteiger partial charge in [-0.2, -0.15) is 0 Å². The van der Waals surface area contributed by atoms with E-state index in [4.69, 9.17) is 0 Å². The topological polar surface area (TPSA) is 43.4 Å². The average Bonchev–Trinajstić information content (AvgIpc) is 2.49. The largest absolute Gasteiger partial charge is 0.393 e. The molecule has 2 rings (SSSR count). The van der Waals surface area contributed by atoms with Gasteiger partial charge >= 0.3 is 0 Å². The van der Waals surface area contributed by atoms with Crippen LogP contribution in [0.5, 0.6) is 0 Å². The molecule has 1 unspecified atom stereocenters. The van der Waals surface area contributed by atoms with E-state index in [-0.39, 0.29) is 17.2 Å². The Balaban J connectivity index is 2.24. The molecular formula is C11H20NO2. The molecule has 1 radical (unpaired) electrons. The second-order valence-electron chi connectivity index (χ2n) is 5.60. The zero-order valence-corrected chi connectivity index (χ0v) is 9.12. The smallest absolute Gasteiger partial charge is 0.0577 e. The molecule has 3 heteroatoms. The van der Waals surface area contributed by atoms with Crippen LogP contribution in [0.25, 0.3) is 0 Å². The Morgan fingerprint density at radius 2 is 1.79 bits per heavy atom. The van der Waals surface area contributed by atoms with Crippen molar-refractivity contribution >= 4 is 0 Å². The third-order valence-electron chi connectivity index (χ3n) is 3.87. The van der Waals surface area contributed by atoms with Crippen LogP contribution in [0.3, 0.4) is 0 Å². The summed E-state index contributed by atoms with van der Waals surface area (Å²) >= 11 is 0. The molecule has 1 aliphatic heterocycles. The van der Waals surface area contributed by atoms with Crippen molar-refractivity contribution in [3.8, 4) is 0 Å². The van der Waals surface area contributed by atoms with Gasteiger partial charge in [-0.3, -0.25) is 0 Å². The van der Waals surface area contributed by atoms with E-state index in [9.17, 15) is 10.3 Å². The van der Waals surface area contributed by atoms with Crippen molar-refractivity contribution in [3.05, 3.63) is 0 Å². The second kappa shape index (κ2) is 3.19. The van der Waals surface area contributed by atoms with Gasteiger partial charge in [-0.15, -0.1) is 10.3 Å². The number of aliphatic hydroxyl groups is 1. The lowest BCUT2D eigenvalue weighted by Crippen LogP contribution is -2.61. The predicted octanol–water partition coefficient (Wildman–Crippen LogP) is 1.88. The summed E-state index contributed by atoms with van der Waals surface area (Å²) in [6.07, 6.45) is 5.23. The van der Waals surface area contributed by atoms with Crippen LogP contribution in [0.1, 0.15) is 52.4 Å². The normalized spacial score (nSPS) is 36.4. The van der Waals surface area contributed by atoms with E-state index >= 15 is 0 Å². The maximum atomic E-state index is 12.2. The molecule has 81 valence electrons. The number of piperidine rings is 1. The molecule has 14 heavy (non-hydrogen) atoms. The zero-order chi connectivity index (χ0) is 10.4. The van der Waals surface area contributed by atoms with Crippen LogP contribution < -0.4 is 0 Å². The second-order valence-corrected chi connectivity index (χ2v) is 5.60. The highest BCUT2D eigenvalue weighted by molar-refractivity contribution is 5.03. The number of hydrogen-bond acceptors (Lipinski definition) is 2. The van der Waals surface area contributed by atoms with Gasteiger partial charge in [0, 0.05) is 5.54 Å². The van der Waals surface area contributed by atoms with Crippen LogP contribution in [0, 0.1) is 0 Å². The van der Waals surface area contributed by atoms with Gasteiger partial charge in [0.2, 0.25) is 0 Å². The molecule has 0 aromatic carbocycles. The minimum atomic E-state index is -0.387. The lowest BCUT2D eigenvalue weighted by atomic mass is 9.77. The van der Waals surface area contributed by atoms with Crippen molar-refractivity contribution in [3.63, 3.8) is 0 Å². The van der Waals surface area contributed by atoms with Crippen molar-refractivity contribution in [1.82, 2.24) is 5.06 Å². The molecule has 1 spiro atoms. The van der Waals surface area contributed by atoms with E-state index in [1.165, 1.54) is 5.06 Å². The van der Waals surface area contributed by atoms with Crippen molar-refractivity contribution in [1.29, 1.82) is 0 Å². The summed E-state index contributed by atoms with van der Waals surface area (Å²) in [5, 5.41) is 23.3. The minimum absolute atomic E-state index is 0.235. The lowest BCUT2D eigenvalue weighted by Gasteiger charge is -2.50. The number of hydrogen-bond donors (Lipinski definition) is 1. The molecule has 1 N–H and O–H groups in total. The van der Waals surface area contributed by atoms with E-state index in [0.29, 0.717) is 12.8 Å². The van der Waals surface area contributed by atoms with E-state index in [1.54, 1.807) is 0 Å². The van der Waals surface area contributed by atoms with Crippen LogP contribution >= 0.6 is 0 Å². The Kier molecular flexibility index (Phi) is 2.37. The summed E-state index contributed by atoms with van der Waals surface area (Å²) in [6, 6.07) is 0. The molecule has 1 aliphatic carbocycles. The van der Waals surface area contributed by atoms with E-state index in [1.807, 2.05) is 13.8 Å². The third-order valence-corrected chi connectivity index (χ3v) is 3.87. The molecule has 0 aromatic heterocycles. The maximum absolute atomic E-state index is 12.2. The molecule has 3 nitrogen and oxygen atoms in total. The van der Waals surface area contributed by atoms with Gasteiger partial charge in [0.25, 0.3) is 0 Å². The van der Waals surface area contributed by atoms with Crippen molar-refractivity contribution in [2.75, 3.05) is 0 Å². The molecule has 2 fully saturated rings. The summed E-state index contributed by atoms with van der Waals surface area (Å²) in [4.78, 5) is 0. The Morgan fingerprint density at radius 3 is 2.36 bits per heavy atom. The van der Waals surface area contributed by atoms with Gasteiger partial charge in [0.1, 0.15) is 0 Å². The molecule has 0 amide bonds. The van der Waals surface area contributed by atoms with Crippen molar-refractivity contribution in [2.24, 2.45) is 0 Å². The number of nitrogens with zero attached hydrogens (tertiary/aromatic N) is 1. The molecule has 0 aromatic rings. The van der Waals surface area contributed by atoms with Crippen LogP contribution in [0.15, 0.2) is 0 Å². The summed E-state index contributed by atoms with van der Waals surface area (Å²) in [5.74, 6) is 0. The first-order valence-electron chi connectivity index (χ1n) is 5.62. The Labute approximate surface area is 85.7 Å². The average molecular weight is 198 g/mol. The van der Waals surface area contributed by atoms with Gasteiger partial charge in [-0.05, 0) is 39.5 Å². The third kappa shape index (κ3) is 1.47. The molecule has 1 heterocycles. The SMILES string of the molecule is CC1(C)CC(O)CC2(CCCC2)N1[O]. The van der Waals surface area contributed by atoms with Crippen molar-refractivity contribution in [2.45, 2.75) is 69.6 Å². The summed E-state index contributed by atoms with van der Waals surface area (Å²) in [7, 11) is 0. The first kappa shape index (κ1) is 10.4. The van der Waals surface area contributed by atoms with E-state index in [2.05, 4.69) is 0 Å². The Bertz CT molecular complexity index is 221. The van der Waals surface area contributed by atoms with Crippen LogP contribution in [0.4, 0.5) is 0 Å². The Morgan fingerprint density at radius 1 is 1.21 bits per heavy atom. The molecule has 1 saturated heterocycles. The number of rotatable bonds is 0. The maximum Gasteiger partial charge on any atom is 0.0577 e. The van der Waals surface area contributed by atoms with Gasteiger partial charge in [-0.1, -0.05) is 12.8 Å². The molecule has 1 atom stereocenters. The first-order valence-corrected chi connectivity index (χ1v) is 5.62. The lowest BCUT2D eigenvalue weighted by molar-refractivity contribution is -0.306. The van der Waals surface area contributed by atoms with Crippen LogP contribution in [-0.4, -0.2) is 27.4 Å². The fourth-order valence-electron chi connectivity index (χ4n) is 3.34. The van der Waals surface area contributed by atoms with Gasteiger partial charge < -0.3 is 5.11 Å². The molecular weight excluding hydrogens is 178 g/mol. The van der Waals surface area contributed by atoms with Gasteiger partial charge in [0.15, 0.2) is 0 Å². The fourth-order valence-corrected chi connectivity index (χ4v) is 3.34. The van der Waals surface area contributed by atoms with E-state index in [0.717, 1.165) is 25.7 Å². The minimum Gasteiger partial charge on any atom is -0.393 e. The monoisotopic (exact) mass is 198 g/mol. The highest BCUT2D eigenvalue weighted by Crippen LogP contribution is 2.46. The highest BCUT2D eigenvalue weighted by Gasteiger charge is 2.51. The fraction of sp³-hybridized carbons (Fsp3) is 1.00. The highest BCUT2D eigenvalue weighted by atomic mass is 16.5. The number of aliphatic hydroxyl groups excluding tert-OH is 1. The molecule has 1 saturated carbocycles. The van der Waals surface area contributed by atoms with Gasteiger partial charge in [-0.25, -0.2) is 0 Å². The zero-order valence-electron chi connectivity index (χ0n) is 9.12. The summed E-state index contributed by atoms with van der Waals surface area (Å²) in [6.45, 7) is 3.89. The predicted molar refractivity (Wildman–Crippen MR) is 53.0 cm³/mol. The number of hydroxylamine groups is 2. The standard InChI is InChI=1S/C11H20NO2/c1-10(2)7-9(13)8-11(12(10)14)5-3-4-6-11/h9,13H,3-8H2,1-2H3. The van der Waals surface area contributed by atoms with E-state index < -0.39 is 0 Å². The first-order chi connectivity index (χ1) is 6.46. The van der Waals surface area contributed by atoms with Crippen molar-refractivity contribution < 1.29 is 10.3 Å². The van der Waals surface area contributed by atoms with Crippen LogP contribution in [-0.2, 0) is 5.21 Å². The molecule has 0 bridgehead atoms. The molecule has 2 aliphatic rings. The summed E-state index contributed by atoms with van der Waals surface area (Å²) < 4.78 is 0. The quantitative estimate of drug-likeness (QED) is 0.646. The van der Waals surface area contributed by atoms with Crippen LogP contribution in [0.2, 0.25) is 0 Å². The van der Waals surface area contributed by atoms with Gasteiger partial charge in [0.05, 0.1) is 11.6 Å². The Hall–Kier alpha value is -0.120. The summed E-state index contributed by atoms with van der Waals surface area (Å²) in [5.41, 5.74) is -0.622.